The second kappa shape index (κ2) is 11.2. The van der Waals surface area contributed by atoms with E-state index < -0.39 is 9.84 Å². The van der Waals surface area contributed by atoms with E-state index in [0.717, 1.165) is 31.2 Å². The van der Waals surface area contributed by atoms with Gasteiger partial charge in [0.05, 0.1) is 34.0 Å². The van der Waals surface area contributed by atoms with Crippen molar-refractivity contribution in [1.29, 1.82) is 0 Å². The molecule has 1 aliphatic heterocycles. The van der Waals surface area contributed by atoms with Gasteiger partial charge in [0.25, 0.3) is 0 Å². The highest BCUT2D eigenvalue weighted by Crippen LogP contribution is 2.45. The molecule has 1 aliphatic rings. The minimum Gasteiger partial charge on any atom is -0.450 e. The average molecular weight is 570 g/mol. The topological polar surface area (TPSA) is 106 Å². The van der Waals surface area contributed by atoms with Gasteiger partial charge in [-0.3, -0.25) is 4.79 Å². The van der Waals surface area contributed by atoms with Gasteiger partial charge < -0.3 is 15.0 Å². The number of amides is 2. The molecule has 0 saturated carbocycles. The van der Waals surface area contributed by atoms with Gasteiger partial charge in [0, 0.05) is 23.4 Å². The molecule has 38 heavy (non-hydrogen) atoms. The zero-order chi connectivity index (χ0) is 26.7. The van der Waals surface area contributed by atoms with E-state index in [2.05, 4.69) is 5.32 Å². The number of thiophene rings is 1. The van der Waals surface area contributed by atoms with E-state index >= 15 is 0 Å². The number of nitrogens with one attached hydrogen (secondary N) is 1. The number of rotatable bonds is 8. The van der Waals surface area contributed by atoms with Crippen LogP contribution in [0.25, 0.3) is 20.8 Å². The Labute approximate surface area is 229 Å². The van der Waals surface area contributed by atoms with E-state index in [1.54, 1.807) is 53.5 Å². The third kappa shape index (κ3) is 5.59. The Bertz CT molecular complexity index is 1540. The number of fused-ring (bicyclic) bond motifs is 2. The Hall–Kier alpha value is -3.28. The van der Waals surface area contributed by atoms with E-state index in [-0.39, 0.29) is 35.5 Å². The molecule has 1 N–H and O–H groups in total. The zero-order valence-corrected chi connectivity index (χ0v) is 23.3. The van der Waals surface area contributed by atoms with Crippen molar-refractivity contribution < 1.29 is 22.7 Å². The van der Waals surface area contributed by atoms with Crippen LogP contribution < -0.4 is 5.32 Å². The zero-order valence-electron chi connectivity index (χ0n) is 20.8. The molecule has 0 bridgehead atoms. The lowest BCUT2D eigenvalue weighted by atomic mass is 10.0. The highest BCUT2D eigenvalue weighted by Gasteiger charge is 2.30. The van der Waals surface area contributed by atoms with Crippen molar-refractivity contribution in [3.05, 3.63) is 65.0 Å². The van der Waals surface area contributed by atoms with E-state index in [1.165, 1.54) is 11.3 Å². The summed E-state index contributed by atoms with van der Waals surface area (Å²) < 4.78 is 31.4. The molecule has 2 aromatic carbocycles. The van der Waals surface area contributed by atoms with Crippen LogP contribution in [-0.2, 0) is 32.3 Å². The number of hydrogen-bond acceptors (Lipinski definition) is 8. The lowest BCUT2D eigenvalue weighted by molar-refractivity contribution is -0.116. The maximum absolute atomic E-state index is 13.0. The first-order valence-electron chi connectivity index (χ1n) is 12.4. The van der Waals surface area contributed by atoms with Crippen molar-refractivity contribution in [2.24, 2.45) is 0 Å². The Morgan fingerprint density at radius 1 is 1.08 bits per heavy atom. The van der Waals surface area contributed by atoms with Crippen molar-refractivity contribution in [3.63, 3.8) is 0 Å². The molecular weight excluding hydrogens is 543 g/mol. The van der Waals surface area contributed by atoms with Crippen molar-refractivity contribution in [2.45, 2.75) is 37.6 Å². The third-order valence-electron chi connectivity index (χ3n) is 6.26. The van der Waals surface area contributed by atoms with Crippen LogP contribution in [0.2, 0.25) is 0 Å². The lowest BCUT2D eigenvalue weighted by Gasteiger charge is -2.26. The van der Waals surface area contributed by atoms with Crippen LogP contribution in [0.4, 0.5) is 9.80 Å². The van der Waals surface area contributed by atoms with E-state index in [1.807, 2.05) is 24.3 Å². The van der Waals surface area contributed by atoms with Gasteiger partial charge in [-0.25, -0.2) is 18.2 Å². The summed E-state index contributed by atoms with van der Waals surface area (Å²) in [5.74, 6) is -0.360. The van der Waals surface area contributed by atoms with Crippen molar-refractivity contribution >= 4 is 59.7 Å². The van der Waals surface area contributed by atoms with Crippen LogP contribution >= 0.6 is 22.7 Å². The van der Waals surface area contributed by atoms with Crippen LogP contribution in [0.5, 0.6) is 0 Å². The van der Waals surface area contributed by atoms with Gasteiger partial charge in [0.1, 0.15) is 10.0 Å². The van der Waals surface area contributed by atoms with Crippen LogP contribution in [0.1, 0.15) is 30.2 Å². The van der Waals surface area contributed by atoms with Crippen LogP contribution in [0, 0.1) is 0 Å². The maximum Gasteiger partial charge on any atom is 0.410 e. The number of carbonyl (C=O) groups is 2. The monoisotopic (exact) mass is 569 g/mol. The van der Waals surface area contributed by atoms with Gasteiger partial charge in [-0.2, -0.15) is 0 Å². The van der Waals surface area contributed by atoms with Crippen molar-refractivity contribution in [1.82, 2.24) is 9.88 Å². The first-order chi connectivity index (χ1) is 18.4. The van der Waals surface area contributed by atoms with Crippen molar-refractivity contribution in [2.75, 3.05) is 24.2 Å². The molecule has 8 nitrogen and oxygen atoms in total. The molecule has 2 amide bonds. The average Bonchev–Trinajstić information content (AvgIpc) is 3.49. The molecule has 3 heterocycles. The summed E-state index contributed by atoms with van der Waals surface area (Å²) in [5, 5.41) is 4.51. The molecular formula is C27H27N3O5S3. The van der Waals surface area contributed by atoms with Gasteiger partial charge in [-0.05, 0) is 49.6 Å². The number of hydrogen-bond donors (Lipinski definition) is 1. The number of anilines is 1. The molecule has 0 saturated heterocycles. The highest BCUT2D eigenvalue weighted by atomic mass is 32.2. The fourth-order valence-electron chi connectivity index (χ4n) is 4.43. The summed E-state index contributed by atoms with van der Waals surface area (Å²) in [6.07, 6.45) is 0.559. The number of nitrogens with zero attached hydrogens (tertiary/aromatic N) is 2. The Balaban J connectivity index is 1.37. The normalized spacial score (nSPS) is 13.3. The maximum atomic E-state index is 13.0. The molecule has 5 rings (SSSR count). The van der Waals surface area contributed by atoms with Crippen LogP contribution in [-0.4, -0.2) is 49.2 Å². The number of sulfone groups is 1. The molecule has 198 valence electrons. The van der Waals surface area contributed by atoms with Gasteiger partial charge in [0.15, 0.2) is 9.84 Å². The fourth-order valence-corrected chi connectivity index (χ4v) is 8.15. The number of thiazole rings is 1. The predicted molar refractivity (Wildman–Crippen MR) is 150 cm³/mol. The summed E-state index contributed by atoms with van der Waals surface area (Å²) in [5.41, 5.74) is 2.86. The molecule has 0 radical (unpaired) electrons. The summed E-state index contributed by atoms with van der Waals surface area (Å²) in [7, 11) is -3.45. The standard InChI is InChI=1S/C27H27N3O5S3/c1-2-35-27(32)30-15-14-19-22(17-30)37-26(24(19)25-28-20-11-6-7-12-21(20)36-25)29-23(31)13-8-16-38(33,34)18-9-4-3-5-10-18/h3-7,9-12H,2,8,13-17H2,1H3,(H,29,31). The van der Waals surface area contributed by atoms with E-state index in [9.17, 15) is 18.0 Å². The lowest BCUT2D eigenvalue weighted by Crippen LogP contribution is -2.35. The minimum absolute atomic E-state index is 0.0723. The summed E-state index contributed by atoms with van der Waals surface area (Å²) in [4.78, 5) is 33.1. The predicted octanol–water partition coefficient (Wildman–Crippen LogP) is 5.73. The van der Waals surface area contributed by atoms with E-state index in [4.69, 9.17) is 9.72 Å². The quantitative estimate of drug-likeness (QED) is 0.290. The minimum atomic E-state index is -3.45. The summed E-state index contributed by atoms with van der Waals surface area (Å²) in [6.45, 7) is 3.01. The summed E-state index contributed by atoms with van der Waals surface area (Å²) >= 11 is 3.00. The van der Waals surface area contributed by atoms with E-state index in [0.29, 0.717) is 31.1 Å². The number of ether oxygens (including phenoxy) is 1. The van der Waals surface area contributed by atoms with Gasteiger partial charge in [-0.15, -0.1) is 22.7 Å². The van der Waals surface area contributed by atoms with Gasteiger partial charge >= 0.3 is 6.09 Å². The molecule has 0 unspecified atom stereocenters. The molecule has 0 atom stereocenters. The first-order valence-corrected chi connectivity index (χ1v) is 15.6. The molecule has 0 spiro atoms. The number of aromatic nitrogens is 1. The second-order valence-corrected chi connectivity index (χ2v) is 13.1. The largest absolute Gasteiger partial charge is 0.450 e. The number of para-hydroxylation sites is 1. The van der Waals surface area contributed by atoms with Crippen molar-refractivity contribution in [3.8, 4) is 10.6 Å². The summed E-state index contributed by atoms with van der Waals surface area (Å²) in [6, 6.07) is 16.2. The molecule has 0 fully saturated rings. The van der Waals surface area contributed by atoms with Gasteiger partial charge in [0.2, 0.25) is 5.91 Å². The SMILES string of the molecule is CCOC(=O)N1CCc2c(sc(NC(=O)CCCS(=O)(=O)c3ccccc3)c2-c2nc3ccccc3s2)C1. The smallest absolute Gasteiger partial charge is 0.410 e. The molecule has 2 aromatic heterocycles. The number of carbonyl (C=O) groups excluding carboxylic acids is 2. The first kappa shape index (κ1) is 26.3. The molecule has 4 aromatic rings. The van der Waals surface area contributed by atoms with Crippen LogP contribution in [0.15, 0.2) is 59.5 Å². The van der Waals surface area contributed by atoms with Gasteiger partial charge in [-0.1, -0.05) is 30.3 Å². The highest BCUT2D eigenvalue weighted by molar-refractivity contribution is 7.91. The molecule has 11 heteroatoms. The van der Waals surface area contributed by atoms with Crippen LogP contribution in [0.3, 0.4) is 0 Å². The Morgan fingerprint density at radius 3 is 2.61 bits per heavy atom. The fraction of sp³-hybridized carbons (Fsp3) is 0.296. The molecule has 0 aliphatic carbocycles. The Morgan fingerprint density at radius 2 is 1.84 bits per heavy atom. The second-order valence-electron chi connectivity index (χ2n) is 8.85. The third-order valence-corrected chi connectivity index (χ3v) is 10.3. The Kier molecular flexibility index (Phi) is 7.78. The number of benzene rings is 2.